The van der Waals surface area contributed by atoms with E-state index in [0.29, 0.717) is 11.5 Å². The molecule has 134 valence electrons. The van der Waals surface area contributed by atoms with Gasteiger partial charge < -0.3 is 14.6 Å². The lowest BCUT2D eigenvalue weighted by molar-refractivity contribution is -0.115. The fourth-order valence-electron chi connectivity index (χ4n) is 2.49. The molecule has 0 saturated heterocycles. The lowest BCUT2D eigenvalue weighted by Gasteiger charge is -2.10. The van der Waals surface area contributed by atoms with Gasteiger partial charge in [-0.2, -0.15) is 4.98 Å². The summed E-state index contributed by atoms with van der Waals surface area (Å²) in [6, 6.07) is 15.0. The van der Waals surface area contributed by atoms with Gasteiger partial charge >= 0.3 is 0 Å². The molecular weight excluding hydrogens is 330 g/mol. The minimum atomic E-state index is -0.220. The fourth-order valence-corrected chi connectivity index (χ4v) is 2.49. The minimum absolute atomic E-state index is 0.0170. The molecule has 1 amide bonds. The first-order valence-corrected chi connectivity index (χ1v) is 8.46. The maximum Gasteiger partial charge on any atom is 0.236 e. The average Bonchev–Trinajstić information content (AvgIpc) is 3.04. The molecule has 0 spiro atoms. The van der Waals surface area contributed by atoms with E-state index in [9.17, 15) is 4.79 Å². The molecule has 6 heteroatoms. The zero-order chi connectivity index (χ0) is 18.5. The van der Waals surface area contributed by atoms with Crippen LogP contribution in [0.3, 0.4) is 0 Å². The third-order valence-corrected chi connectivity index (χ3v) is 3.68. The number of nitrogens with zero attached hydrogens (tertiary/aromatic N) is 2. The maximum absolute atomic E-state index is 12.2. The monoisotopic (exact) mass is 351 g/mol. The van der Waals surface area contributed by atoms with Crippen molar-refractivity contribution >= 4 is 11.6 Å². The molecule has 0 saturated carbocycles. The van der Waals surface area contributed by atoms with Crippen LogP contribution in [0.4, 0.5) is 5.69 Å². The van der Waals surface area contributed by atoms with E-state index in [2.05, 4.69) is 15.5 Å². The Bertz CT molecular complexity index is 885. The predicted octanol–water partition coefficient (Wildman–Crippen LogP) is 4.01. The van der Waals surface area contributed by atoms with E-state index in [-0.39, 0.29) is 24.3 Å². The number of ether oxygens (including phenoxy) is 1. The van der Waals surface area contributed by atoms with Crippen LogP contribution < -0.4 is 10.1 Å². The summed E-state index contributed by atoms with van der Waals surface area (Å²) in [5.74, 6) is 1.31. The van der Waals surface area contributed by atoms with Crippen molar-refractivity contribution in [3.8, 4) is 17.1 Å². The van der Waals surface area contributed by atoms with E-state index in [4.69, 9.17) is 9.26 Å². The second-order valence-corrected chi connectivity index (χ2v) is 6.24. The number of hydrogen-bond acceptors (Lipinski definition) is 5. The first-order valence-electron chi connectivity index (χ1n) is 8.46. The molecule has 26 heavy (non-hydrogen) atoms. The van der Waals surface area contributed by atoms with Gasteiger partial charge in [-0.1, -0.05) is 29.4 Å². The number of aromatic nitrogens is 2. The summed E-state index contributed by atoms with van der Waals surface area (Å²) in [5.41, 5.74) is 2.63. The molecule has 0 atom stereocenters. The van der Waals surface area contributed by atoms with E-state index >= 15 is 0 Å². The van der Waals surface area contributed by atoms with Crippen LogP contribution in [0.2, 0.25) is 0 Å². The summed E-state index contributed by atoms with van der Waals surface area (Å²) in [5, 5.41) is 6.77. The average molecular weight is 351 g/mol. The van der Waals surface area contributed by atoms with Crippen molar-refractivity contribution in [1.29, 1.82) is 0 Å². The topological polar surface area (TPSA) is 77.2 Å². The molecular formula is C20H21N3O3. The second kappa shape index (κ2) is 7.82. The van der Waals surface area contributed by atoms with Gasteiger partial charge in [0.25, 0.3) is 0 Å². The number of hydrogen-bond donors (Lipinski definition) is 1. The Morgan fingerprint density at radius 2 is 1.88 bits per heavy atom. The number of anilines is 1. The Labute approximate surface area is 152 Å². The van der Waals surface area contributed by atoms with Gasteiger partial charge in [0.2, 0.25) is 17.6 Å². The number of aryl methyl sites for hydroxylation is 1. The minimum Gasteiger partial charge on any atom is -0.491 e. The zero-order valence-electron chi connectivity index (χ0n) is 15.0. The van der Waals surface area contributed by atoms with Gasteiger partial charge in [-0.3, -0.25) is 4.79 Å². The van der Waals surface area contributed by atoms with Crippen molar-refractivity contribution in [2.24, 2.45) is 0 Å². The van der Waals surface area contributed by atoms with Crippen molar-refractivity contribution in [2.45, 2.75) is 33.3 Å². The molecule has 0 aliphatic rings. The SMILES string of the molecule is Cc1ccccc1-c1noc(CC(=O)Nc2ccc(OC(C)C)cc2)n1. The number of carbonyl (C=O) groups is 1. The molecule has 1 N–H and O–H groups in total. The second-order valence-electron chi connectivity index (χ2n) is 6.24. The quantitative estimate of drug-likeness (QED) is 0.726. The fraction of sp³-hybridized carbons (Fsp3) is 0.250. The van der Waals surface area contributed by atoms with Gasteiger partial charge in [0, 0.05) is 11.3 Å². The van der Waals surface area contributed by atoms with Crippen LogP contribution in [0.1, 0.15) is 25.3 Å². The summed E-state index contributed by atoms with van der Waals surface area (Å²) < 4.78 is 10.8. The first kappa shape index (κ1) is 17.7. The zero-order valence-corrected chi connectivity index (χ0v) is 15.0. The van der Waals surface area contributed by atoms with Crippen molar-refractivity contribution in [2.75, 3.05) is 5.32 Å². The number of nitrogens with one attached hydrogen (secondary N) is 1. The highest BCUT2D eigenvalue weighted by atomic mass is 16.5. The molecule has 0 aliphatic heterocycles. The van der Waals surface area contributed by atoms with Gasteiger partial charge in [0.1, 0.15) is 12.2 Å². The third kappa shape index (κ3) is 4.47. The van der Waals surface area contributed by atoms with Gasteiger partial charge in [-0.15, -0.1) is 0 Å². The number of benzene rings is 2. The van der Waals surface area contributed by atoms with Crippen LogP contribution in [0.5, 0.6) is 5.75 Å². The molecule has 0 fully saturated rings. The first-order chi connectivity index (χ1) is 12.5. The predicted molar refractivity (Wildman–Crippen MR) is 99.0 cm³/mol. The Balaban J connectivity index is 1.61. The lowest BCUT2D eigenvalue weighted by Crippen LogP contribution is -2.14. The van der Waals surface area contributed by atoms with Gasteiger partial charge in [0.15, 0.2) is 0 Å². The lowest BCUT2D eigenvalue weighted by atomic mass is 10.1. The summed E-state index contributed by atoms with van der Waals surface area (Å²) in [4.78, 5) is 16.5. The molecule has 3 rings (SSSR count). The van der Waals surface area contributed by atoms with Crippen LogP contribution in [0.25, 0.3) is 11.4 Å². The number of carbonyl (C=O) groups excluding carboxylic acids is 1. The van der Waals surface area contributed by atoms with Gasteiger partial charge in [0.05, 0.1) is 6.10 Å². The molecule has 1 aromatic heterocycles. The number of rotatable bonds is 6. The Morgan fingerprint density at radius 3 is 2.58 bits per heavy atom. The largest absolute Gasteiger partial charge is 0.491 e. The van der Waals surface area contributed by atoms with Gasteiger partial charge in [-0.25, -0.2) is 0 Å². The third-order valence-electron chi connectivity index (χ3n) is 3.68. The molecule has 0 aliphatic carbocycles. The maximum atomic E-state index is 12.2. The van der Waals surface area contributed by atoms with Crippen molar-refractivity contribution in [1.82, 2.24) is 10.1 Å². The van der Waals surface area contributed by atoms with Crippen LogP contribution >= 0.6 is 0 Å². The molecule has 0 bridgehead atoms. The van der Waals surface area contributed by atoms with E-state index in [1.807, 2.05) is 57.2 Å². The highest BCUT2D eigenvalue weighted by Gasteiger charge is 2.14. The summed E-state index contributed by atoms with van der Waals surface area (Å²) in [6.45, 7) is 5.90. The van der Waals surface area contributed by atoms with Crippen LogP contribution in [0, 0.1) is 6.92 Å². The van der Waals surface area contributed by atoms with Crippen molar-refractivity contribution in [3.63, 3.8) is 0 Å². The highest BCUT2D eigenvalue weighted by molar-refractivity contribution is 5.91. The van der Waals surface area contributed by atoms with E-state index < -0.39 is 0 Å². The Kier molecular flexibility index (Phi) is 5.31. The van der Waals surface area contributed by atoms with Crippen LogP contribution in [-0.2, 0) is 11.2 Å². The van der Waals surface area contributed by atoms with E-state index in [1.54, 1.807) is 12.1 Å². The normalized spacial score (nSPS) is 10.8. The van der Waals surface area contributed by atoms with Crippen LogP contribution in [0.15, 0.2) is 53.1 Å². The van der Waals surface area contributed by atoms with Crippen molar-refractivity contribution < 1.29 is 14.1 Å². The molecule has 2 aromatic carbocycles. The standard InChI is InChI=1S/C20H21N3O3/c1-13(2)25-16-10-8-15(9-11-16)21-18(24)12-19-22-20(23-26-19)17-7-5-4-6-14(17)3/h4-11,13H,12H2,1-3H3,(H,21,24). The molecule has 0 unspecified atom stereocenters. The van der Waals surface area contributed by atoms with Crippen LogP contribution in [-0.4, -0.2) is 22.2 Å². The van der Waals surface area contributed by atoms with E-state index in [1.165, 1.54) is 0 Å². The summed E-state index contributed by atoms with van der Waals surface area (Å²) in [7, 11) is 0. The molecule has 1 heterocycles. The Morgan fingerprint density at radius 1 is 1.15 bits per heavy atom. The molecule has 0 radical (unpaired) electrons. The molecule has 6 nitrogen and oxygen atoms in total. The highest BCUT2D eigenvalue weighted by Crippen LogP contribution is 2.20. The Hall–Kier alpha value is -3.15. The van der Waals surface area contributed by atoms with Gasteiger partial charge in [-0.05, 0) is 50.6 Å². The number of amides is 1. The molecule has 3 aromatic rings. The summed E-state index contributed by atoms with van der Waals surface area (Å²) >= 11 is 0. The smallest absolute Gasteiger partial charge is 0.236 e. The van der Waals surface area contributed by atoms with E-state index in [0.717, 1.165) is 16.9 Å². The van der Waals surface area contributed by atoms with Crippen molar-refractivity contribution in [3.05, 3.63) is 60.0 Å². The summed E-state index contributed by atoms with van der Waals surface area (Å²) in [6.07, 6.45) is 0.124.